The Kier molecular flexibility index (Phi) is 5.49. The fraction of sp³-hybridized carbons (Fsp3) is 0.150. The van der Waals surface area contributed by atoms with Crippen molar-refractivity contribution in [2.24, 2.45) is 0 Å². The number of hydrogen-bond donors (Lipinski definition) is 1. The van der Waals surface area contributed by atoms with Crippen LogP contribution in [0.4, 0.5) is 5.69 Å². The first kappa shape index (κ1) is 16.8. The Morgan fingerprint density at radius 1 is 1.00 bits per heavy atom. The molecule has 0 aliphatic carbocycles. The maximum absolute atomic E-state index is 12.5. The lowest BCUT2D eigenvalue weighted by Gasteiger charge is -2.25. The molecule has 0 atom stereocenters. The third kappa shape index (κ3) is 4.49. The highest BCUT2D eigenvalue weighted by Gasteiger charge is 2.16. The van der Waals surface area contributed by atoms with Gasteiger partial charge in [0.05, 0.1) is 12.2 Å². The summed E-state index contributed by atoms with van der Waals surface area (Å²) in [4.78, 5) is 12.5. The minimum absolute atomic E-state index is 0.251. The van der Waals surface area contributed by atoms with E-state index in [1.165, 1.54) is 0 Å². The number of hydrazine groups is 1. The van der Waals surface area contributed by atoms with E-state index in [1.54, 1.807) is 24.3 Å². The number of carbonyl (C=O) groups is 1. The van der Waals surface area contributed by atoms with E-state index in [1.807, 2.05) is 60.7 Å². The zero-order valence-electron chi connectivity index (χ0n) is 14.0. The van der Waals surface area contributed by atoms with Crippen molar-refractivity contribution in [1.82, 2.24) is 5.43 Å². The average Bonchev–Trinajstić information content (AvgIpc) is 3.12. The van der Waals surface area contributed by atoms with Gasteiger partial charge in [-0.1, -0.05) is 48.5 Å². The molecule has 0 fully saturated rings. The summed E-state index contributed by atoms with van der Waals surface area (Å²) in [5, 5.41) is 1.80. The Morgan fingerprint density at radius 2 is 1.68 bits per heavy atom. The molecule has 1 N–H and O–H groups in total. The fourth-order valence-corrected chi connectivity index (χ4v) is 2.47. The van der Waals surface area contributed by atoms with E-state index in [9.17, 15) is 4.79 Å². The van der Waals surface area contributed by atoms with Gasteiger partial charge >= 0.3 is 5.91 Å². The van der Waals surface area contributed by atoms with Crippen LogP contribution in [0.15, 0.2) is 77.2 Å². The van der Waals surface area contributed by atoms with Gasteiger partial charge in [-0.2, -0.15) is 0 Å². The summed E-state index contributed by atoms with van der Waals surface area (Å²) < 4.78 is 10.5. The molecule has 3 rings (SSSR count). The molecule has 0 aliphatic heterocycles. The quantitative estimate of drug-likeness (QED) is 0.667. The van der Waals surface area contributed by atoms with Gasteiger partial charge in [-0.3, -0.25) is 15.2 Å². The van der Waals surface area contributed by atoms with Gasteiger partial charge in [-0.05, 0) is 29.8 Å². The van der Waals surface area contributed by atoms with E-state index in [4.69, 9.17) is 9.15 Å². The predicted octanol–water partition coefficient (Wildman–Crippen LogP) is 3.78. The second kappa shape index (κ2) is 8.17. The van der Waals surface area contributed by atoms with Crippen LogP contribution < -0.4 is 10.4 Å². The Morgan fingerprint density at radius 3 is 2.36 bits per heavy atom. The molecule has 25 heavy (non-hydrogen) atoms. The number of nitrogens with one attached hydrogen (secondary N) is 1. The number of hydrogen-bond acceptors (Lipinski definition) is 4. The Balaban J connectivity index is 1.78. The Bertz CT molecular complexity index is 800. The standard InChI is InChI=1S/C20H20N2O3/c1-24-15-18-12-13-19(25-18)20(23)21-22(17-10-6-3-7-11-17)14-16-8-4-2-5-9-16/h2-13H,14-15H2,1H3,(H,21,23). The predicted molar refractivity (Wildman–Crippen MR) is 96.0 cm³/mol. The second-order valence-electron chi connectivity index (χ2n) is 5.55. The van der Waals surface area contributed by atoms with Gasteiger partial charge < -0.3 is 9.15 Å². The third-order valence-corrected chi connectivity index (χ3v) is 3.66. The minimum atomic E-state index is -0.304. The summed E-state index contributed by atoms with van der Waals surface area (Å²) in [6.45, 7) is 0.877. The van der Waals surface area contributed by atoms with E-state index in [0.29, 0.717) is 18.9 Å². The molecule has 0 bridgehead atoms. The highest BCUT2D eigenvalue weighted by Crippen LogP contribution is 2.16. The lowest BCUT2D eigenvalue weighted by molar-refractivity contribution is 0.0911. The lowest BCUT2D eigenvalue weighted by Crippen LogP contribution is -2.41. The van der Waals surface area contributed by atoms with E-state index in [0.717, 1.165) is 11.3 Å². The van der Waals surface area contributed by atoms with Crippen molar-refractivity contribution in [3.05, 3.63) is 89.9 Å². The number of ether oxygens (including phenoxy) is 1. The van der Waals surface area contributed by atoms with Crippen LogP contribution in [0, 0.1) is 0 Å². The van der Waals surface area contributed by atoms with Gasteiger partial charge in [-0.25, -0.2) is 0 Å². The molecule has 0 unspecified atom stereocenters. The van der Waals surface area contributed by atoms with Gasteiger partial charge in [0.25, 0.3) is 0 Å². The summed E-state index contributed by atoms with van der Waals surface area (Å²) in [6, 6.07) is 23.0. The van der Waals surface area contributed by atoms with Crippen molar-refractivity contribution in [3.63, 3.8) is 0 Å². The number of nitrogens with zero attached hydrogens (tertiary/aromatic N) is 1. The van der Waals surface area contributed by atoms with E-state index in [-0.39, 0.29) is 11.7 Å². The molecule has 0 saturated carbocycles. The van der Waals surface area contributed by atoms with Crippen molar-refractivity contribution in [2.75, 3.05) is 12.1 Å². The second-order valence-corrected chi connectivity index (χ2v) is 5.55. The molecular weight excluding hydrogens is 316 g/mol. The largest absolute Gasteiger partial charge is 0.453 e. The molecular formula is C20H20N2O3. The molecule has 1 heterocycles. The lowest BCUT2D eigenvalue weighted by atomic mass is 10.2. The first-order valence-electron chi connectivity index (χ1n) is 8.01. The van der Waals surface area contributed by atoms with Crippen LogP contribution in [0.2, 0.25) is 0 Å². The van der Waals surface area contributed by atoms with Crippen molar-refractivity contribution < 1.29 is 13.9 Å². The van der Waals surface area contributed by atoms with Crippen LogP contribution in [0.3, 0.4) is 0 Å². The van der Waals surface area contributed by atoms with Crippen LogP contribution in [-0.2, 0) is 17.9 Å². The molecule has 0 spiro atoms. The summed E-state index contributed by atoms with van der Waals surface area (Å²) in [6.07, 6.45) is 0. The van der Waals surface area contributed by atoms with Gasteiger partial charge in [0, 0.05) is 7.11 Å². The number of rotatable bonds is 7. The first-order valence-corrected chi connectivity index (χ1v) is 8.01. The molecule has 0 saturated heterocycles. The minimum Gasteiger partial charge on any atom is -0.453 e. The van der Waals surface area contributed by atoms with Crippen LogP contribution in [-0.4, -0.2) is 13.0 Å². The molecule has 0 radical (unpaired) electrons. The zero-order chi connectivity index (χ0) is 17.5. The van der Waals surface area contributed by atoms with Crippen LogP contribution in [0.25, 0.3) is 0 Å². The highest BCUT2D eigenvalue weighted by molar-refractivity contribution is 5.92. The van der Waals surface area contributed by atoms with Gasteiger partial charge in [0.1, 0.15) is 12.4 Å². The molecule has 2 aromatic carbocycles. The van der Waals surface area contributed by atoms with Crippen molar-refractivity contribution in [3.8, 4) is 0 Å². The van der Waals surface area contributed by atoms with Crippen molar-refractivity contribution >= 4 is 11.6 Å². The maximum atomic E-state index is 12.5. The molecule has 0 aliphatic rings. The fourth-order valence-electron chi connectivity index (χ4n) is 2.47. The molecule has 5 heteroatoms. The van der Waals surface area contributed by atoms with E-state index >= 15 is 0 Å². The summed E-state index contributed by atoms with van der Waals surface area (Å²) >= 11 is 0. The van der Waals surface area contributed by atoms with Crippen molar-refractivity contribution in [2.45, 2.75) is 13.2 Å². The van der Waals surface area contributed by atoms with Crippen LogP contribution in [0.5, 0.6) is 0 Å². The SMILES string of the molecule is COCc1ccc(C(=O)NN(Cc2ccccc2)c2ccccc2)o1. The van der Waals surface area contributed by atoms with Gasteiger partial charge in [-0.15, -0.1) is 0 Å². The number of amides is 1. The zero-order valence-corrected chi connectivity index (χ0v) is 14.0. The molecule has 5 nitrogen and oxygen atoms in total. The van der Waals surface area contributed by atoms with Gasteiger partial charge in [0.2, 0.25) is 0 Å². The topological polar surface area (TPSA) is 54.7 Å². The molecule has 128 valence electrons. The number of anilines is 1. The summed E-state index contributed by atoms with van der Waals surface area (Å²) in [7, 11) is 1.58. The van der Waals surface area contributed by atoms with Crippen LogP contribution >= 0.6 is 0 Å². The van der Waals surface area contributed by atoms with Gasteiger partial charge in [0.15, 0.2) is 5.76 Å². The number of benzene rings is 2. The number of methoxy groups -OCH3 is 1. The van der Waals surface area contributed by atoms with Crippen LogP contribution in [0.1, 0.15) is 21.9 Å². The number of carbonyl (C=O) groups excluding carboxylic acids is 1. The highest BCUT2D eigenvalue weighted by atomic mass is 16.5. The Labute approximate surface area is 146 Å². The number of furan rings is 1. The molecule has 1 aromatic heterocycles. The van der Waals surface area contributed by atoms with E-state index in [2.05, 4.69) is 5.43 Å². The molecule has 1 amide bonds. The average molecular weight is 336 g/mol. The monoisotopic (exact) mass is 336 g/mol. The molecule has 3 aromatic rings. The third-order valence-electron chi connectivity index (χ3n) is 3.66. The Hall–Kier alpha value is -3.05. The smallest absolute Gasteiger partial charge is 0.305 e. The number of para-hydroxylation sites is 1. The first-order chi connectivity index (χ1) is 12.3. The summed E-state index contributed by atoms with van der Waals surface area (Å²) in [5.74, 6) is 0.560. The summed E-state index contributed by atoms with van der Waals surface area (Å²) in [5.41, 5.74) is 4.89. The van der Waals surface area contributed by atoms with Crippen molar-refractivity contribution in [1.29, 1.82) is 0 Å². The normalized spacial score (nSPS) is 10.4. The maximum Gasteiger partial charge on any atom is 0.305 e. The van der Waals surface area contributed by atoms with E-state index < -0.39 is 0 Å².